The van der Waals surface area contributed by atoms with E-state index in [2.05, 4.69) is 19.8 Å². The highest BCUT2D eigenvalue weighted by Gasteiger charge is 2.18. The Balaban J connectivity index is 1.89. The maximum absolute atomic E-state index is 5.99. The Morgan fingerprint density at radius 2 is 2.09 bits per heavy atom. The number of ether oxygens (including phenoxy) is 1. The first-order valence-electron chi connectivity index (χ1n) is 6.99. The van der Waals surface area contributed by atoms with Crippen molar-refractivity contribution in [1.29, 1.82) is 0 Å². The molecule has 0 radical (unpaired) electrons. The summed E-state index contributed by atoms with van der Waals surface area (Å²) in [4.78, 5) is 4.43. The molecule has 1 N–H and O–H groups in total. The Morgan fingerprint density at radius 3 is 2.74 bits per heavy atom. The van der Waals surface area contributed by atoms with E-state index in [0.29, 0.717) is 17.5 Å². The quantitative estimate of drug-likeness (QED) is 0.739. The highest BCUT2D eigenvalue weighted by molar-refractivity contribution is 7.09. The van der Waals surface area contributed by atoms with Crippen LogP contribution in [0.4, 0.5) is 5.13 Å². The first-order valence-corrected chi connectivity index (χ1v) is 8.14. The van der Waals surface area contributed by atoms with Crippen LogP contribution in [0.25, 0.3) is 0 Å². The van der Waals surface area contributed by atoms with E-state index in [1.165, 1.54) is 11.5 Å². The van der Waals surface area contributed by atoms with Crippen molar-refractivity contribution >= 4 is 28.3 Å². The van der Waals surface area contributed by atoms with Gasteiger partial charge in [0.1, 0.15) is 6.61 Å². The number of hydrogen-bond acceptors (Lipinski definition) is 6. The van der Waals surface area contributed by atoms with Gasteiger partial charge in [0.15, 0.2) is 5.82 Å². The Kier molecular flexibility index (Phi) is 4.90. The Bertz CT molecular complexity index is 770. The van der Waals surface area contributed by atoms with Crippen molar-refractivity contribution in [3.05, 3.63) is 58.6 Å². The predicted molar refractivity (Wildman–Crippen MR) is 90.7 cm³/mol. The van der Waals surface area contributed by atoms with Crippen LogP contribution in [-0.4, -0.2) is 26.2 Å². The highest BCUT2D eigenvalue weighted by atomic mass is 35.5. The second kappa shape index (κ2) is 7.08. The molecular formula is C15H16ClN5OS. The molecule has 0 amide bonds. The summed E-state index contributed by atoms with van der Waals surface area (Å²) in [5.74, 6) is 0.663. The number of rotatable bonds is 6. The summed E-state index contributed by atoms with van der Waals surface area (Å²) < 4.78 is 11.1. The van der Waals surface area contributed by atoms with Crippen molar-refractivity contribution in [1.82, 2.24) is 19.1 Å². The molecular weight excluding hydrogens is 334 g/mol. The maximum Gasteiger partial charge on any atom is 0.203 e. The van der Waals surface area contributed by atoms with Crippen molar-refractivity contribution < 1.29 is 4.74 Å². The van der Waals surface area contributed by atoms with Crippen LogP contribution >= 0.6 is 23.1 Å². The number of halogens is 1. The summed E-state index contributed by atoms with van der Waals surface area (Å²) in [6, 6.07) is 9.54. The molecule has 120 valence electrons. The molecule has 0 aliphatic rings. The average Bonchev–Trinajstić information content (AvgIpc) is 3.15. The first kappa shape index (κ1) is 15.9. The van der Waals surface area contributed by atoms with Gasteiger partial charge in [-0.1, -0.05) is 23.7 Å². The predicted octanol–water partition coefficient (Wildman–Crippen LogP) is 3.27. The van der Waals surface area contributed by atoms with Crippen LogP contribution < -0.4 is 5.32 Å². The summed E-state index contributed by atoms with van der Waals surface area (Å²) in [5.41, 5.74) is 1.95. The molecule has 1 aromatic carbocycles. The molecule has 0 saturated carbocycles. The topological polar surface area (TPSA) is 64.9 Å². The van der Waals surface area contributed by atoms with E-state index in [1.54, 1.807) is 11.8 Å². The molecule has 0 fully saturated rings. The van der Waals surface area contributed by atoms with E-state index in [1.807, 2.05) is 43.6 Å². The molecule has 6 nitrogen and oxygen atoms in total. The summed E-state index contributed by atoms with van der Waals surface area (Å²) in [7, 11) is 3.52. The van der Waals surface area contributed by atoms with Crippen molar-refractivity contribution in [2.75, 3.05) is 12.4 Å². The number of anilines is 1. The van der Waals surface area contributed by atoms with Gasteiger partial charge in [-0.2, -0.15) is 9.47 Å². The fraction of sp³-hybridized carbons (Fsp3) is 0.267. The molecule has 3 rings (SSSR count). The van der Waals surface area contributed by atoms with Gasteiger partial charge >= 0.3 is 0 Å². The summed E-state index contributed by atoms with van der Waals surface area (Å²) in [6.45, 7) is 0.396. The fourth-order valence-corrected chi connectivity index (χ4v) is 2.92. The van der Waals surface area contributed by atoms with Crippen LogP contribution in [0.2, 0.25) is 5.02 Å². The number of hydrogen-bond donors (Lipinski definition) is 1. The lowest BCUT2D eigenvalue weighted by Gasteiger charge is -2.16. The molecule has 0 spiro atoms. The van der Waals surface area contributed by atoms with Crippen LogP contribution in [0.5, 0.6) is 0 Å². The maximum atomic E-state index is 5.99. The van der Waals surface area contributed by atoms with Crippen molar-refractivity contribution in [3.63, 3.8) is 0 Å². The average molecular weight is 350 g/mol. The number of methoxy groups -OCH3 is 1. The monoisotopic (exact) mass is 349 g/mol. The summed E-state index contributed by atoms with van der Waals surface area (Å²) >= 11 is 7.29. The minimum atomic E-state index is -0.128. The van der Waals surface area contributed by atoms with Gasteiger partial charge in [-0.05, 0) is 23.8 Å². The smallest absolute Gasteiger partial charge is 0.203 e. The van der Waals surface area contributed by atoms with Gasteiger partial charge in [0.2, 0.25) is 5.13 Å². The van der Waals surface area contributed by atoms with E-state index in [-0.39, 0.29) is 6.04 Å². The molecule has 8 heteroatoms. The van der Waals surface area contributed by atoms with Crippen LogP contribution in [0.3, 0.4) is 0 Å². The van der Waals surface area contributed by atoms with Crippen molar-refractivity contribution in [2.24, 2.45) is 7.05 Å². The SMILES string of the molecule is COCc1nsc(N[C@H](c2ccc(Cl)cc2)c2ccn(C)n2)n1. The van der Waals surface area contributed by atoms with Gasteiger partial charge in [0.25, 0.3) is 0 Å². The third kappa shape index (κ3) is 3.87. The first-order chi connectivity index (χ1) is 11.2. The molecule has 0 unspecified atom stereocenters. The van der Waals surface area contributed by atoms with Gasteiger partial charge in [-0.25, -0.2) is 4.98 Å². The second-order valence-corrected chi connectivity index (χ2v) is 6.18. The Morgan fingerprint density at radius 1 is 1.30 bits per heavy atom. The minimum absolute atomic E-state index is 0.128. The number of aromatic nitrogens is 4. The largest absolute Gasteiger partial charge is 0.377 e. The normalized spacial score (nSPS) is 12.3. The molecule has 0 bridgehead atoms. The number of benzene rings is 1. The van der Waals surface area contributed by atoms with Gasteiger partial charge in [0.05, 0.1) is 11.7 Å². The molecule has 1 atom stereocenters. The van der Waals surface area contributed by atoms with Gasteiger partial charge in [-0.3, -0.25) is 4.68 Å². The lowest BCUT2D eigenvalue weighted by atomic mass is 10.0. The van der Waals surface area contributed by atoms with Crippen LogP contribution in [0.15, 0.2) is 36.5 Å². The van der Waals surface area contributed by atoms with E-state index >= 15 is 0 Å². The van der Waals surface area contributed by atoms with Crippen molar-refractivity contribution in [3.8, 4) is 0 Å². The lowest BCUT2D eigenvalue weighted by Crippen LogP contribution is -2.13. The zero-order valence-corrected chi connectivity index (χ0v) is 14.3. The lowest BCUT2D eigenvalue weighted by molar-refractivity contribution is 0.179. The third-order valence-corrected chi connectivity index (χ3v) is 4.18. The van der Waals surface area contributed by atoms with E-state index in [4.69, 9.17) is 16.3 Å². The molecule has 0 aliphatic carbocycles. The summed E-state index contributed by atoms with van der Waals surface area (Å²) in [5, 5.41) is 9.32. The van der Waals surface area contributed by atoms with Gasteiger partial charge in [-0.15, -0.1) is 0 Å². The number of nitrogens with one attached hydrogen (secondary N) is 1. The van der Waals surface area contributed by atoms with Gasteiger partial charge in [0, 0.05) is 36.9 Å². The Labute approximate surface area is 143 Å². The molecule has 2 heterocycles. The van der Waals surface area contributed by atoms with E-state index in [9.17, 15) is 0 Å². The number of aryl methyl sites for hydroxylation is 1. The molecule has 3 aromatic rings. The van der Waals surface area contributed by atoms with Crippen LogP contribution in [0, 0.1) is 0 Å². The second-order valence-electron chi connectivity index (χ2n) is 4.99. The third-order valence-electron chi connectivity index (χ3n) is 3.24. The standard InChI is InChI=1S/C15H16ClN5OS/c1-21-8-7-12(19-21)14(10-3-5-11(16)6-4-10)18-15-17-13(9-22-2)20-23-15/h3-8,14H,9H2,1-2H3,(H,17,18,20)/t14-/m1/s1. The highest BCUT2D eigenvalue weighted by Crippen LogP contribution is 2.27. The van der Waals surface area contributed by atoms with Crippen molar-refractivity contribution in [2.45, 2.75) is 12.6 Å². The molecule has 2 aromatic heterocycles. The van der Waals surface area contributed by atoms with E-state index < -0.39 is 0 Å². The molecule has 0 saturated heterocycles. The zero-order valence-electron chi connectivity index (χ0n) is 12.7. The summed E-state index contributed by atoms with van der Waals surface area (Å²) in [6.07, 6.45) is 1.91. The molecule has 0 aliphatic heterocycles. The van der Waals surface area contributed by atoms with E-state index in [0.717, 1.165) is 16.4 Å². The zero-order chi connectivity index (χ0) is 16.2. The number of nitrogens with zero attached hydrogens (tertiary/aromatic N) is 4. The van der Waals surface area contributed by atoms with Crippen LogP contribution in [-0.2, 0) is 18.4 Å². The van der Waals surface area contributed by atoms with Gasteiger partial charge < -0.3 is 10.1 Å². The Hall–Kier alpha value is -1.96. The minimum Gasteiger partial charge on any atom is -0.377 e. The molecule has 23 heavy (non-hydrogen) atoms. The fourth-order valence-electron chi connectivity index (χ4n) is 2.19. The van der Waals surface area contributed by atoms with Crippen LogP contribution in [0.1, 0.15) is 23.1 Å².